The molecule has 152 valence electrons. The Bertz CT molecular complexity index is 895. The summed E-state index contributed by atoms with van der Waals surface area (Å²) in [5.41, 5.74) is 2.24. The zero-order chi connectivity index (χ0) is 20.4. The number of nitrogens with zero attached hydrogens (tertiary/aromatic N) is 3. The van der Waals surface area contributed by atoms with Crippen LogP contribution in [0, 0.1) is 0 Å². The van der Waals surface area contributed by atoms with Crippen molar-refractivity contribution < 1.29 is 9.59 Å². The number of para-hydroxylation sites is 1. The molecule has 1 N–H and O–H groups in total. The van der Waals surface area contributed by atoms with Crippen molar-refractivity contribution in [3.05, 3.63) is 65.7 Å². The molecule has 1 atom stereocenters. The zero-order valence-corrected chi connectivity index (χ0v) is 17.1. The van der Waals surface area contributed by atoms with Crippen molar-refractivity contribution in [1.82, 2.24) is 15.1 Å². The van der Waals surface area contributed by atoms with E-state index in [0.29, 0.717) is 6.54 Å². The summed E-state index contributed by atoms with van der Waals surface area (Å²) in [6, 6.07) is 17.5. The molecule has 2 saturated heterocycles. The van der Waals surface area contributed by atoms with Crippen LogP contribution in [0.5, 0.6) is 0 Å². The maximum atomic E-state index is 13.1. The number of rotatable bonds is 6. The van der Waals surface area contributed by atoms with E-state index in [1.165, 1.54) is 29.0 Å². The predicted octanol–water partition coefficient (Wildman–Crippen LogP) is 3.14. The predicted molar refractivity (Wildman–Crippen MR) is 113 cm³/mol. The minimum atomic E-state index is -1.02. The van der Waals surface area contributed by atoms with Gasteiger partial charge in [0.15, 0.2) is 0 Å². The van der Waals surface area contributed by atoms with Gasteiger partial charge in [-0.3, -0.25) is 9.69 Å². The average Bonchev–Trinajstić information content (AvgIpc) is 3.33. The first-order valence-corrected chi connectivity index (χ1v) is 10.2. The van der Waals surface area contributed by atoms with Gasteiger partial charge in [-0.2, -0.15) is 0 Å². The molecular weight excluding hydrogens is 364 g/mol. The molecule has 0 spiro atoms. The molecule has 0 saturated carbocycles. The molecule has 6 heteroatoms. The van der Waals surface area contributed by atoms with E-state index in [-0.39, 0.29) is 18.6 Å². The molecular formula is C23H28N4O2. The van der Waals surface area contributed by atoms with E-state index in [4.69, 9.17) is 0 Å². The van der Waals surface area contributed by atoms with Gasteiger partial charge in [-0.05, 0) is 44.0 Å². The summed E-state index contributed by atoms with van der Waals surface area (Å²) < 4.78 is 0. The van der Waals surface area contributed by atoms with E-state index in [1.54, 1.807) is 6.92 Å². The van der Waals surface area contributed by atoms with E-state index in [9.17, 15) is 9.59 Å². The Morgan fingerprint density at radius 3 is 2.38 bits per heavy atom. The van der Waals surface area contributed by atoms with Gasteiger partial charge in [0, 0.05) is 25.3 Å². The lowest BCUT2D eigenvalue weighted by Gasteiger charge is -2.27. The van der Waals surface area contributed by atoms with Gasteiger partial charge in [0.05, 0.1) is 6.67 Å². The Hall–Kier alpha value is -2.86. The summed E-state index contributed by atoms with van der Waals surface area (Å²) in [4.78, 5) is 31.5. The summed E-state index contributed by atoms with van der Waals surface area (Å²) in [7, 11) is 1.94. The third kappa shape index (κ3) is 3.72. The van der Waals surface area contributed by atoms with Gasteiger partial charge in [0.2, 0.25) is 0 Å². The molecule has 2 heterocycles. The van der Waals surface area contributed by atoms with E-state index in [2.05, 4.69) is 28.4 Å². The number of urea groups is 1. The molecule has 2 fully saturated rings. The van der Waals surface area contributed by atoms with Crippen LogP contribution < -0.4 is 10.2 Å². The highest BCUT2D eigenvalue weighted by Crippen LogP contribution is 2.29. The van der Waals surface area contributed by atoms with Gasteiger partial charge in [-0.25, -0.2) is 9.69 Å². The van der Waals surface area contributed by atoms with E-state index < -0.39 is 5.54 Å². The third-order valence-electron chi connectivity index (χ3n) is 5.89. The highest BCUT2D eigenvalue weighted by molar-refractivity contribution is 6.07. The third-order valence-corrected chi connectivity index (χ3v) is 5.89. The number of hydrogen-bond acceptors (Lipinski definition) is 4. The fourth-order valence-electron chi connectivity index (χ4n) is 4.29. The minimum Gasteiger partial charge on any atom is -0.371 e. The number of benzene rings is 2. The van der Waals surface area contributed by atoms with Crippen LogP contribution in [-0.4, -0.2) is 48.5 Å². The molecule has 4 rings (SSSR count). The Kier molecular flexibility index (Phi) is 5.28. The summed E-state index contributed by atoms with van der Waals surface area (Å²) in [6.07, 6.45) is 2.45. The second-order valence-corrected chi connectivity index (χ2v) is 8.13. The maximum Gasteiger partial charge on any atom is 0.326 e. The molecule has 2 aliphatic rings. The lowest BCUT2D eigenvalue weighted by atomic mass is 9.92. The van der Waals surface area contributed by atoms with Crippen LogP contribution in [-0.2, 0) is 16.9 Å². The molecule has 2 aromatic carbocycles. The Morgan fingerprint density at radius 2 is 1.66 bits per heavy atom. The number of hydrogen-bond donors (Lipinski definition) is 1. The fraction of sp³-hybridized carbons (Fsp3) is 0.391. The highest BCUT2D eigenvalue weighted by atomic mass is 16.2. The van der Waals surface area contributed by atoms with Gasteiger partial charge in [-0.15, -0.1) is 0 Å². The normalized spacial score (nSPS) is 21.9. The molecule has 6 nitrogen and oxygen atoms in total. The van der Waals surface area contributed by atoms with E-state index >= 15 is 0 Å². The first-order valence-electron chi connectivity index (χ1n) is 10.2. The van der Waals surface area contributed by atoms with Crippen LogP contribution in [0.3, 0.4) is 0 Å². The quantitative estimate of drug-likeness (QED) is 0.768. The SMILES string of the molecule is CN(Cc1ccccc1N1CCCC1)CN1C(=O)N[C@](C)(c2ccccc2)C1=O. The van der Waals surface area contributed by atoms with E-state index in [1.807, 2.05) is 48.3 Å². The molecule has 2 aromatic rings. The van der Waals surface area contributed by atoms with Crippen LogP contribution in [0.2, 0.25) is 0 Å². The number of carbonyl (C=O) groups excluding carboxylic acids is 2. The average molecular weight is 393 g/mol. The van der Waals surface area contributed by atoms with Gasteiger partial charge in [0.25, 0.3) is 5.91 Å². The van der Waals surface area contributed by atoms with Crippen LogP contribution in [0.15, 0.2) is 54.6 Å². The molecule has 2 aliphatic heterocycles. The molecule has 29 heavy (non-hydrogen) atoms. The molecule has 0 bridgehead atoms. The number of amides is 3. The topological polar surface area (TPSA) is 55.9 Å². The maximum absolute atomic E-state index is 13.1. The second kappa shape index (κ2) is 7.87. The fourth-order valence-corrected chi connectivity index (χ4v) is 4.29. The zero-order valence-electron chi connectivity index (χ0n) is 17.1. The lowest BCUT2D eigenvalue weighted by Crippen LogP contribution is -2.42. The summed E-state index contributed by atoms with van der Waals surface area (Å²) in [5.74, 6) is -0.214. The van der Waals surface area contributed by atoms with Crippen LogP contribution in [0.1, 0.15) is 30.9 Å². The van der Waals surface area contributed by atoms with E-state index in [0.717, 1.165) is 18.7 Å². The molecule has 0 unspecified atom stereocenters. The van der Waals surface area contributed by atoms with Gasteiger partial charge in [0.1, 0.15) is 5.54 Å². The monoisotopic (exact) mass is 392 g/mol. The minimum absolute atomic E-state index is 0.214. The molecule has 3 amide bonds. The van der Waals surface area contributed by atoms with Crippen molar-refractivity contribution in [2.45, 2.75) is 31.8 Å². The van der Waals surface area contributed by atoms with Crippen molar-refractivity contribution >= 4 is 17.6 Å². The number of anilines is 1. The Labute approximate surface area is 172 Å². The number of carbonyl (C=O) groups is 2. The Morgan fingerprint density at radius 1 is 1.00 bits per heavy atom. The summed E-state index contributed by atoms with van der Waals surface area (Å²) in [6.45, 7) is 4.87. The lowest BCUT2D eigenvalue weighted by molar-refractivity contribution is -0.132. The summed E-state index contributed by atoms with van der Waals surface area (Å²) >= 11 is 0. The van der Waals surface area contributed by atoms with Crippen molar-refractivity contribution in [2.24, 2.45) is 0 Å². The van der Waals surface area contributed by atoms with Gasteiger partial charge in [-0.1, -0.05) is 48.5 Å². The van der Waals surface area contributed by atoms with Gasteiger partial charge < -0.3 is 10.2 Å². The molecule has 0 aliphatic carbocycles. The van der Waals surface area contributed by atoms with Gasteiger partial charge >= 0.3 is 6.03 Å². The van der Waals surface area contributed by atoms with Crippen molar-refractivity contribution in [3.8, 4) is 0 Å². The summed E-state index contributed by atoms with van der Waals surface area (Å²) in [5, 5.41) is 2.87. The molecule has 0 aromatic heterocycles. The largest absolute Gasteiger partial charge is 0.371 e. The standard InChI is InChI=1S/C23H28N4O2/c1-23(19-11-4-3-5-12-19)21(28)27(22(29)24-23)17-25(2)16-18-10-6-7-13-20(18)26-14-8-9-15-26/h3-7,10-13H,8-9,14-17H2,1-2H3,(H,24,29)/t23-/m1/s1. The van der Waals surface area contributed by atoms with Crippen LogP contribution in [0.4, 0.5) is 10.5 Å². The second-order valence-electron chi connectivity index (χ2n) is 8.13. The van der Waals surface area contributed by atoms with Crippen LogP contribution >= 0.6 is 0 Å². The smallest absolute Gasteiger partial charge is 0.326 e. The first-order chi connectivity index (χ1) is 14.0. The Balaban J connectivity index is 1.47. The number of nitrogens with one attached hydrogen (secondary N) is 1. The van der Waals surface area contributed by atoms with Crippen molar-refractivity contribution in [3.63, 3.8) is 0 Å². The number of imide groups is 1. The van der Waals surface area contributed by atoms with Crippen LogP contribution in [0.25, 0.3) is 0 Å². The van der Waals surface area contributed by atoms with Crippen molar-refractivity contribution in [1.29, 1.82) is 0 Å². The first kappa shape index (κ1) is 19.5. The molecule has 0 radical (unpaired) electrons. The van der Waals surface area contributed by atoms with Crippen molar-refractivity contribution in [2.75, 3.05) is 31.7 Å². The highest BCUT2D eigenvalue weighted by Gasteiger charge is 2.49.